The van der Waals surface area contributed by atoms with Crippen molar-refractivity contribution in [3.8, 4) is 5.69 Å². The minimum absolute atomic E-state index is 0.150. The van der Waals surface area contributed by atoms with E-state index in [1.165, 1.54) is 0 Å². The molecule has 0 bridgehead atoms. The average molecular weight is 288 g/mol. The zero-order chi connectivity index (χ0) is 15.4. The number of aromatic nitrogens is 3. The predicted octanol–water partition coefficient (Wildman–Crippen LogP) is 1.85. The first-order chi connectivity index (χ1) is 10.1. The van der Waals surface area contributed by atoms with Crippen LogP contribution < -0.4 is 5.73 Å². The van der Waals surface area contributed by atoms with Gasteiger partial charge in [-0.3, -0.25) is 0 Å². The Bertz CT molecular complexity index is 634. The lowest BCUT2D eigenvalue weighted by molar-refractivity contribution is 0.0378. The Kier molecular flexibility index (Phi) is 4.70. The third-order valence-corrected chi connectivity index (χ3v) is 3.04. The molecule has 0 atom stereocenters. The molecule has 6 heteroatoms. The van der Waals surface area contributed by atoms with Gasteiger partial charge in [0.1, 0.15) is 0 Å². The highest BCUT2D eigenvalue weighted by molar-refractivity contribution is 5.90. The molecule has 2 N–H and O–H groups in total. The Morgan fingerprint density at radius 2 is 2.19 bits per heavy atom. The molecular weight excluding hydrogens is 268 g/mol. The van der Waals surface area contributed by atoms with Gasteiger partial charge < -0.3 is 10.5 Å². The molecule has 0 fully saturated rings. The lowest BCUT2D eigenvalue weighted by atomic mass is 10.2. The molecule has 1 aromatic carbocycles. The Labute approximate surface area is 123 Å². The number of nitrogens with two attached hydrogens (primary N) is 1. The molecule has 6 nitrogen and oxygen atoms in total. The lowest BCUT2D eigenvalue weighted by Gasteiger charge is -2.10. The Morgan fingerprint density at radius 3 is 2.81 bits per heavy atom. The molecule has 0 radical (unpaired) electrons. The molecule has 2 rings (SSSR count). The van der Waals surface area contributed by atoms with Gasteiger partial charge >= 0.3 is 5.97 Å². The number of nitrogens with zero attached hydrogens (tertiary/aromatic N) is 3. The highest BCUT2D eigenvalue weighted by Crippen LogP contribution is 2.16. The van der Waals surface area contributed by atoms with Crippen LogP contribution >= 0.6 is 0 Å². The van der Waals surface area contributed by atoms with Gasteiger partial charge in [-0.1, -0.05) is 18.2 Å². The first-order valence-electron chi connectivity index (χ1n) is 7.01. The average Bonchev–Trinajstić information content (AvgIpc) is 2.89. The van der Waals surface area contributed by atoms with Crippen LogP contribution in [-0.2, 0) is 17.7 Å². The summed E-state index contributed by atoms with van der Waals surface area (Å²) in [6, 6.07) is 7.15. The van der Waals surface area contributed by atoms with E-state index in [1.807, 2.05) is 26.8 Å². The van der Waals surface area contributed by atoms with E-state index >= 15 is 0 Å². The van der Waals surface area contributed by atoms with E-state index in [-0.39, 0.29) is 12.1 Å². The van der Waals surface area contributed by atoms with Gasteiger partial charge in [0.15, 0.2) is 0 Å². The molecule has 1 aromatic heterocycles. The van der Waals surface area contributed by atoms with Crippen LogP contribution in [0.1, 0.15) is 42.5 Å². The number of hydrogen-bond acceptors (Lipinski definition) is 5. The summed E-state index contributed by atoms with van der Waals surface area (Å²) >= 11 is 0. The van der Waals surface area contributed by atoms with Crippen molar-refractivity contribution < 1.29 is 9.53 Å². The largest absolute Gasteiger partial charge is 0.459 e. The number of rotatable bonds is 5. The maximum atomic E-state index is 12.0. The van der Waals surface area contributed by atoms with Crippen molar-refractivity contribution in [2.24, 2.45) is 5.73 Å². The summed E-state index contributed by atoms with van der Waals surface area (Å²) in [5.41, 5.74) is 8.65. The van der Waals surface area contributed by atoms with Gasteiger partial charge in [-0.15, -0.1) is 5.10 Å². The Balaban J connectivity index is 2.37. The van der Waals surface area contributed by atoms with Crippen molar-refractivity contribution in [1.29, 1.82) is 0 Å². The molecule has 0 aliphatic carbocycles. The van der Waals surface area contributed by atoms with Crippen molar-refractivity contribution in [2.75, 3.05) is 0 Å². The molecule has 2 aromatic rings. The second-order valence-electron chi connectivity index (χ2n) is 4.96. The zero-order valence-electron chi connectivity index (χ0n) is 12.5. The fourth-order valence-electron chi connectivity index (χ4n) is 2.10. The van der Waals surface area contributed by atoms with Gasteiger partial charge in [0.2, 0.25) is 0 Å². The number of ether oxygens (including phenoxy) is 1. The first-order valence-corrected chi connectivity index (χ1v) is 7.01. The Hall–Kier alpha value is -2.21. The van der Waals surface area contributed by atoms with Gasteiger partial charge in [0.05, 0.1) is 28.7 Å². The summed E-state index contributed by atoms with van der Waals surface area (Å²) < 4.78 is 6.92. The molecule has 0 unspecified atom stereocenters. The van der Waals surface area contributed by atoms with Crippen LogP contribution in [0, 0.1) is 0 Å². The third-order valence-electron chi connectivity index (χ3n) is 3.04. The van der Waals surface area contributed by atoms with Crippen LogP contribution in [0.15, 0.2) is 24.3 Å². The second-order valence-corrected chi connectivity index (χ2v) is 4.96. The molecule has 0 aliphatic rings. The van der Waals surface area contributed by atoms with Crippen LogP contribution in [0.25, 0.3) is 5.69 Å². The number of carbonyl (C=O) groups excluding carboxylic acids is 1. The van der Waals surface area contributed by atoms with E-state index in [0.29, 0.717) is 12.1 Å². The lowest BCUT2D eigenvalue weighted by Crippen LogP contribution is -2.12. The quantitative estimate of drug-likeness (QED) is 0.849. The fraction of sp³-hybridized carbons (Fsp3) is 0.400. The van der Waals surface area contributed by atoms with Crippen LogP contribution in [0.2, 0.25) is 0 Å². The first kappa shape index (κ1) is 15.2. The number of hydrogen-bond donors (Lipinski definition) is 1. The summed E-state index contributed by atoms with van der Waals surface area (Å²) in [5, 5.41) is 8.20. The van der Waals surface area contributed by atoms with Crippen LogP contribution in [-0.4, -0.2) is 27.1 Å². The number of esters is 1. The van der Waals surface area contributed by atoms with E-state index in [1.54, 1.807) is 22.9 Å². The van der Waals surface area contributed by atoms with Crippen molar-refractivity contribution in [1.82, 2.24) is 15.0 Å². The van der Waals surface area contributed by atoms with Crippen molar-refractivity contribution in [3.05, 3.63) is 41.2 Å². The summed E-state index contributed by atoms with van der Waals surface area (Å²) in [6.07, 6.45) is 0.614. The van der Waals surface area contributed by atoms with Gasteiger partial charge in [-0.2, -0.15) is 0 Å². The van der Waals surface area contributed by atoms with Gasteiger partial charge in [-0.05, 0) is 38.5 Å². The Morgan fingerprint density at radius 1 is 1.43 bits per heavy atom. The summed E-state index contributed by atoms with van der Waals surface area (Å²) in [7, 11) is 0. The SMILES string of the molecule is CCc1c(CN)nnn1-c1cccc(C(=O)OC(C)C)c1. The van der Waals surface area contributed by atoms with Crippen LogP contribution in [0.3, 0.4) is 0 Å². The highest BCUT2D eigenvalue weighted by atomic mass is 16.5. The van der Waals surface area contributed by atoms with Crippen molar-refractivity contribution in [2.45, 2.75) is 39.8 Å². The van der Waals surface area contributed by atoms with Gasteiger partial charge in [-0.25, -0.2) is 9.48 Å². The van der Waals surface area contributed by atoms with Gasteiger partial charge in [0.25, 0.3) is 0 Å². The van der Waals surface area contributed by atoms with Crippen molar-refractivity contribution >= 4 is 5.97 Å². The van der Waals surface area contributed by atoms with E-state index in [9.17, 15) is 4.79 Å². The molecule has 0 amide bonds. The number of benzene rings is 1. The molecule has 0 aliphatic heterocycles. The van der Waals surface area contributed by atoms with E-state index in [0.717, 1.165) is 23.5 Å². The van der Waals surface area contributed by atoms with E-state index in [2.05, 4.69) is 10.3 Å². The minimum atomic E-state index is -0.343. The smallest absolute Gasteiger partial charge is 0.338 e. The second kappa shape index (κ2) is 6.49. The standard InChI is InChI=1S/C15H20N4O2/c1-4-14-13(9-16)17-18-19(14)12-7-5-6-11(8-12)15(20)21-10(2)3/h5-8,10H,4,9,16H2,1-3H3. The van der Waals surface area contributed by atoms with Crippen molar-refractivity contribution in [3.63, 3.8) is 0 Å². The third kappa shape index (κ3) is 3.28. The molecule has 1 heterocycles. The normalized spacial score (nSPS) is 10.9. The van der Waals surface area contributed by atoms with Crippen LogP contribution in [0.5, 0.6) is 0 Å². The predicted molar refractivity (Wildman–Crippen MR) is 79.2 cm³/mol. The topological polar surface area (TPSA) is 83.0 Å². The highest BCUT2D eigenvalue weighted by Gasteiger charge is 2.14. The summed E-state index contributed by atoms with van der Waals surface area (Å²) in [5.74, 6) is -0.343. The summed E-state index contributed by atoms with van der Waals surface area (Å²) in [4.78, 5) is 12.0. The maximum Gasteiger partial charge on any atom is 0.338 e. The van der Waals surface area contributed by atoms with Gasteiger partial charge in [0, 0.05) is 6.54 Å². The van der Waals surface area contributed by atoms with E-state index in [4.69, 9.17) is 10.5 Å². The molecule has 112 valence electrons. The molecule has 0 saturated heterocycles. The minimum Gasteiger partial charge on any atom is -0.459 e. The fourth-order valence-corrected chi connectivity index (χ4v) is 2.10. The maximum absolute atomic E-state index is 12.0. The van der Waals surface area contributed by atoms with E-state index < -0.39 is 0 Å². The molecular formula is C15H20N4O2. The van der Waals surface area contributed by atoms with Crippen LogP contribution in [0.4, 0.5) is 0 Å². The molecule has 21 heavy (non-hydrogen) atoms. The monoisotopic (exact) mass is 288 g/mol. The summed E-state index contributed by atoms with van der Waals surface area (Å²) in [6.45, 7) is 6.01. The zero-order valence-corrected chi connectivity index (χ0v) is 12.5. The number of carbonyl (C=O) groups is 1. The molecule has 0 spiro atoms. The molecule has 0 saturated carbocycles.